The van der Waals surface area contributed by atoms with Crippen LogP contribution in [0.1, 0.15) is 18.1 Å². The second-order valence-corrected chi connectivity index (χ2v) is 4.16. The zero-order valence-corrected chi connectivity index (χ0v) is 10.4. The Labute approximate surface area is 98.3 Å². The molecule has 1 radical (unpaired) electrons. The summed E-state index contributed by atoms with van der Waals surface area (Å²) in [6.07, 6.45) is 2.84. The van der Waals surface area contributed by atoms with Crippen molar-refractivity contribution in [3.63, 3.8) is 0 Å². The van der Waals surface area contributed by atoms with Gasteiger partial charge in [0, 0.05) is 16.6 Å². The Morgan fingerprint density at radius 3 is 2.88 bits per heavy atom. The largest absolute Gasteiger partial charge is 0.274 e. The van der Waals surface area contributed by atoms with E-state index in [4.69, 9.17) is 0 Å². The fourth-order valence-electron chi connectivity index (χ4n) is 1.97. The van der Waals surface area contributed by atoms with Crippen LogP contribution < -0.4 is 4.90 Å². The second-order valence-electron chi connectivity index (χ2n) is 3.91. The zero-order valence-electron chi connectivity index (χ0n) is 9.37. The molecule has 1 aliphatic heterocycles. The summed E-state index contributed by atoms with van der Waals surface area (Å²) >= 11 is 0. The first-order chi connectivity index (χ1) is 7.63. The maximum Gasteiger partial charge on any atom is 0.228 e. The van der Waals surface area contributed by atoms with Gasteiger partial charge in [0.2, 0.25) is 5.91 Å². The predicted octanol–water partition coefficient (Wildman–Crippen LogP) is 1.92. The number of rotatable bonds is 0. The van der Waals surface area contributed by atoms with Gasteiger partial charge < -0.3 is 0 Å². The number of hydrogen-bond donors (Lipinski definition) is 0. The molecule has 0 spiro atoms. The molecule has 0 aliphatic carbocycles. The molecule has 0 N–H and O–H groups in total. The summed E-state index contributed by atoms with van der Waals surface area (Å²) in [6.45, 7) is 3.62. The Kier molecular flexibility index (Phi) is 2.82. The number of hydrogen-bond acceptors (Lipinski definition) is 1. The van der Waals surface area contributed by atoms with Gasteiger partial charge in [0.05, 0.1) is 11.4 Å². The van der Waals surface area contributed by atoms with Crippen molar-refractivity contribution >= 4 is 21.3 Å². The fourth-order valence-corrected chi connectivity index (χ4v) is 2.18. The number of nitrogens with zero attached hydrogens (tertiary/aromatic N) is 1. The van der Waals surface area contributed by atoms with Crippen molar-refractivity contribution in [2.24, 2.45) is 0 Å². The number of benzene rings is 1. The van der Waals surface area contributed by atoms with Crippen molar-refractivity contribution in [1.29, 1.82) is 0 Å². The predicted molar refractivity (Wildman–Crippen MR) is 65.8 cm³/mol. The van der Waals surface area contributed by atoms with E-state index in [9.17, 15) is 4.79 Å². The van der Waals surface area contributed by atoms with Gasteiger partial charge in [0.1, 0.15) is 0 Å². The molecular weight excluding hydrogens is 214 g/mol. The number of anilines is 1. The van der Waals surface area contributed by atoms with Crippen molar-refractivity contribution in [2.45, 2.75) is 20.3 Å². The first-order valence-electron chi connectivity index (χ1n) is 5.16. The van der Waals surface area contributed by atoms with E-state index < -0.39 is 0 Å². The third kappa shape index (κ3) is 1.75. The first-order valence-corrected chi connectivity index (χ1v) is 5.66. The molecule has 1 aromatic carbocycles. The van der Waals surface area contributed by atoms with Gasteiger partial charge in [-0.1, -0.05) is 23.2 Å². The third-order valence-corrected chi connectivity index (χ3v) is 2.93. The van der Waals surface area contributed by atoms with Gasteiger partial charge in [0.15, 0.2) is 0 Å². The SMILES string of the molecule is CC(=O)N1C(C#[Si])=CCc2cc(C)ccc21. The van der Waals surface area contributed by atoms with E-state index in [1.165, 1.54) is 11.1 Å². The number of aryl methyl sites for hydroxylation is 1. The molecule has 3 heteroatoms. The van der Waals surface area contributed by atoms with E-state index in [1.807, 2.05) is 18.2 Å². The van der Waals surface area contributed by atoms with Crippen LogP contribution >= 0.6 is 0 Å². The monoisotopic (exact) mass is 226 g/mol. The summed E-state index contributed by atoms with van der Waals surface area (Å²) in [4.78, 5) is 13.3. The highest BCUT2D eigenvalue weighted by molar-refractivity contribution is 6.03. The fraction of sp³-hybridized carbons (Fsp3) is 0.231. The molecule has 0 fully saturated rings. The van der Waals surface area contributed by atoms with Crippen LogP contribution in [0.5, 0.6) is 0 Å². The summed E-state index contributed by atoms with van der Waals surface area (Å²) < 4.78 is 0. The Balaban J connectivity index is 2.57. The Morgan fingerprint density at radius 2 is 2.25 bits per heavy atom. The van der Waals surface area contributed by atoms with E-state index >= 15 is 0 Å². The minimum atomic E-state index is 0.00167. The van der Waals surface area contributed by atoms with Crippen LogP contribution in [0.25, 0.3) is 0 Å². The highest BCUT2D eigenvalue weighted by atomic mass is 28.1. The lowest BCUT2D eigenvalue weighted by atomic mass is 10.0. The molecule has 2 rings (SSSR count). The summed E-state index contributed by atoms with van der Waals surface area (Å²) in [5, 5.41) is 0. The molecule has 1 heterocycles. The minimum absolute atomic E-state index is 0.00167. The Hall–Kier alpha value is -1.57. The third-order valence-electron chi connectivity index (χ3n) is 2.68. The molecule has 16 heavy (non-hydrogen) atoms. The van der Waals surface area contributed by atoms with E-state index in [-0.39, 0.29) is 5.91 Å². The maximum absolute atomic E-state index is 11.6. The quantitative estimate of drug-likeness (QED) is 0.619. The number of allylic oxidation sites excluding steroid dienone is 2. The van der Waals surface area contributed by atoms with Crippen molar-refractivity contribution in [1.82, 2.24) is 0 Å². The lowest BCUT2D eigenvalue weighted by molar-refractivity contribution is -0.116. The highest BCUT2D eigenvalue weighted by Gasteiger charge is 2.21. The summed E-state index contributed by atoms with van der Waals surface area (Å²) in [7, 11) is 3.22. The van der Waals surface area contributed by atoms with Gasteiger partial charge >= 0.3 is 0 Å². The first kappa shape index (κ1) is 10.9. The van der Waals surface area contributed by atoms with Crippen LogP contribution in [-0.2, 0) is 11.2 Å². The molecule has 0 aromatic heterocycles. The number of carbonyl (C=O) groups excluding carboxylic acids is 1. The molecule has 0 unspecified atom stereocenters. The van der Waals surface area contributed by atoms with Crippen LogP contribution in [-0.4, -0.2) is 15.6 Å². The van der Waals surface area contributed by atoms with Gasteiger partial charge in [-0.3, -0.25) is 9.69 Å². The Morgan fingerprint density at radius 1 is 1.50 bits per heavy atom. The van der Waals surface area contributed by atoms with Crippen LogP contribution in [0.4, 0.5) is 5.69 Å². The minimum Gasteiger partial charge on any atom is -0.274 e. The van der Waals surface area contributed by atoms with E-state index in [2.05, 4.69) is 28.2 Å². The van der Waals surface area contributed by atoms with E-state index in [1.54, 1.807) is 11.8 Å². The molecule has 0 saturated carbocycles. The molecule has 0 saturated heterocycles. The lowest BCUT2D eigenvalue weighted by Crippen LogP contribution is -2.30. The lowest BCUT2D eigenvalue weighted by Gasteiger charge is -2.27. The normalized spacial score (nSPS) is 13.8. The summed E-state index contributed by atoms with van der Waals surface area (Å²) in [5.41, 5.74) is 7.00. The summed E-state index contributed by atoms with van der Waals surface area (Å²) in [6, 6.07) is 6.13. The van der Waals surface area contributed by atoms with Crippen molar-refractivity contribution in [3.8, 4) is 5.50 Å². The average molecular weight is 226 g/mol. The molecule has 1 amide bonds. The molecule has 1 aliphatic rings. The van der Waals surface area contributed by atoms with Crippen LogP contribution in [0.15, 0.2) is 30.0 Å². The van der Waals surface area contributed by atoms with Gasteiger partial charge in [-0.25, -0.2) is 0 Å². The maximum atomic E-state index is 11.6. The number of carbonyl (C=O) groups is 1. The molecule has 0 bridgehead atoms. The second kappa shape index (κ2) is 4.12. The van der Waals surface area contributed by atoms with Crippen LogP contribution in [0.3, 0.4) is 0 Å². The average Bonchev–Trinajstić information content (AvgIpc) is 2.26. The van der Waals surface area contributed by atoms with Crippen molar-refractivity contribution in [2.75, 3.05) is 4.90 Å². The number of amides is 1. The van der Waals surface area contributed by atoms with E-state index in [0.29, 0.717) is 0 Å². The van der Waals surface area contributed by atoms with E-state index in [0.717, 1.165) is 17.8 Å². The van der Waals surface area contributed by atoms with Gasteiger partial charge in [0.25, 0.3) is 0 Å². The smallest absolute Gasteiger partial charge is 0.228 e. The molecule has 79 valence electrons. The van der Waals surface area contributed by atoms with Crippen LogP contribution in [0.2, 0.25) is 0 Å². The molecule has 2 nitrogen and oxygen atoms in total. The summed E-state index contributed by atoms with van der Waals surface area (Å²) in [5.74, 6) is 0.00167. The molecular formula is C13H12NOSi. The number of fused-ring (bicyclic) bond motifs is 1. The highest BCUT2D eigenvalue weighted by Crippen LogP contribution is 2.30. The van der Waals surface area contributed by atoms with Gasteiger partial charge in [-0.2, -0.15) is 0 Å². The van der Waals surface area contributed by atoms with Gasteiger partial charge in [-0.15, -0.1) is 0 Å². The molecule has 0 atom stereocenters. The Bertz CT molecular complexity index is 525. The van der Waals surface area contributed by atoms with Crippen molar-refractivity contribution in [3.05, 3.63) is 41.1 Å². The van der Waals surface area contributed by atoms with Gasteiger partial charge in [-0.05, 0) is 31.1 Å². The molecule has 1 aromatic rings. The topological polar surface area (TPSA) is 20.3 Å². The van der Waals surface area contributed by atoms with Crippen molar-refractivity contribution < 1.29 is 4.79 Å². The van der Waals surface area contributed by atoms with Crippen LogP contribution in [0, 0.1) is 12.4 Å². The standard InChI is InChI=1S/C13H12NOSi/c1-9-3-6-13-11(7-9)4-5-12(8-16)14(13)10(2)15/h3,5-7H,4H2,1-2H3. The zero-order chi connectivity index (χ0) is 11.7.